The molecule has 0 unspecified atom stereocenters. The standard InChI is InChI=1S/C16H21N3O3S/c1-10-11(2)23-14-13(10)15(22)19(9-18-14)6-3-12(21)17-7-16(8-20)4-5-16/h9,20H,3-8H2,1-2H3,(H,17,21). The zero-order valence-electron chi connectivity index (χ0n) is 13.4. The summed E-state index contributed by atoms with van der Waals surface area (Å²) in [7, 11) is 0. The molecule has 7 heteroatoms. The maximum atomic E-state index is 12.5. The van der Waals surface area contributed by atoms with Crippen molar-refractivity contribution < 1.29 is 9.90 Å². The largest absolute Gasteiger partial charge is 0.396 e. The van der Waals surface area contributed by atoms with Crippen molar-refractivity contribution in [2.24, 2.45) is 5.41 Å². The van der Waals surface area contributed by atoms with E-state index in [2.05, 4.69) is 10.3 Å². The summed E-state index contributed by atoms with van der Waals surface area (Å²) in [5, 5.41) is 12.7. The maximum Gasteiger partial charge on any atom is 0.262 e. The topological polar surface area (TPSA) is 84.2 Å². The van der Waals surface area contributed by atoms with E-state index < -0.39 is 0 Å². The molecule has 23 heavy (non-hydrogen) atoms. The Morgan fingerprint density at radius 3 is 2.87 bits per heavy atom. The molecule has 2 aromatic heterocycles. The lowest BCUT2D eigenvalue weighted by Gasteiger charge is -2.13. The molecule has 2 aromatic rings. The van der Waals surface area contributed by atoms with E-state index in [1.807, 2.05) is 13.8 Å². The van der Waals surface area contributed by atoms with Gasteiger partial charge in [-0.05, 0) is 32.3 Å². The number of nitrogens with zero attached hydrogens (tertiary/aromatic N) is 2. The van der Waals surface area contributed by atoms with E-state index in [0.29, 0.717) is 18.5 Å². The first-order chi connectivity index (χ1) is 11.0. The van der Waals surface area contributed by atoms with E-state index in [4.69, 9.17) is 0 Å². The van der Waals surface area contributed by atoms with Gasteiger partial charge in [0.15, 0.2) is 0 Å². The van der Waals surface area contributed by atoms with Gasteiger partial charge >= 0.3 is 0 Å². The maximum absolute atomic E-state index is 12.5. The monoisotopic (exact) mass is 335 g/mol. The number of nitrogens with one attached hydrogen (secondary N) is 1. The quantitative estimate of drug-likeness (QED) is 0.835. The van der Waals surface area contributed by atoms with Crippen molar-refractivity contribution in [2.45, 2.75) is 39.7 Å². The molecule has 0 bridgehead atoms. The number of thiophene rings is 1. The highest BCUT2D eigenvalue weighted by atomic mass is 32.1. The average Bonchev–Trinajstić information content (AvgIpc) is 3.26. The van der Waals surface area contributed by atoms with E-state index in [0.717, 1.165) is 28.1 Å². The molecule has 1 saturated carbocycles. The number of hydrogen-bond acceptors (Lipinski definition) is 5. The van der Waals surface area contributed by atoms with Crippen LogP contribution in [0.15, 0.2) is 11.1 Å². The number of fused-ring (bicyclic) bond motifs is 1. The molecule has 0 spiro atoms. The third kappa shape index (κ3) is 3.16. The molecule has 0 saturated heterocycles. The lowest BCUT2D eigenvalue weighted by Crippen LogP contribution is -2.33. The molecule has 0 aliphatic heterocycles. The first-order valence-corrected chi connectivity index (χ1v) is 8.60. The first kappa shape index (κ1) is 16.1. The summed E-state index contributed by atoms with van der Waals surface area (Å²) in [6.07, 6.45) is 3.67. The molecule has 124 valence electrons. The highest BCUT2D eigenvalue weighted by molar-refractivity contribution is 7.18. The van der Waals surface area contributed by atoms with Gasteiger partial charge in [0.2, 0.25) is 5.91 Å². The van der Waals surface area contributed by atoms with Gasteiger partial charge in [-0.25, -0.2) is 4.98 Å². The predicted octanol–water partition coefficient (Wildman–Crippen LogP) is 1.35. The summed E-state index contributed by atoms with van der Waals surface area (Å²) < 4.78 is 1.50. The van der Waals surface area contributed by atoms with Gasteiger partial charge in [-0.3, -0.25) is 14.2 Å². The van der Waals surface area contributed by atoms with Gasteiger partial charge in [0.05, 0.1) is 18.3 Å². The van der Waals surface area contributed by atoms with E-state index >= 15 is 0 Å². The number of carbonyl (C=O) groups excluding carboxylic acids is 1. The summed E-state index contributed by atoms with van der Waals surface area (Å²) >= 11 is 1.52. The van der Waals surface area contributed by atoms with Crippen LogP contribution in [0.3, 0.4) is 0 Å². The normalized spacial score (nSPS) is 15.8. The second kappa shape index (κ2) is 6.05. The number of aromatic nitrogens is 2. The Kier molecular flexibility index (Phi) is 4.25. The average molecular weight is 335 g/mol. The minimum absolute atomic E-state index is 0.0846. The van der Waals surface area contributed by atoms with Crippen molar-refractivity contribution >= 4 is 27.5 Å². The summed E-state index contributed by atoms with van der Waals surface area (Å²) in [4.78, 5) is 30.6. The summed E-state index contributed by atoms with van der Waals surface area (Å²) in [6, 6.07) is 0. The summed E-state index contributed by atoms with van der Waals surface area (Å²) in [6.45, 7) is 4.85. The van der Waals surface area contributed by atoms with Crippen molar-refractivity contribution in [3.63, 3.8) is 0 Å². The summed E-state index contributed by atoms with van der Waals surface area (Å²) in [5.74, 6) is -0.102. The van der Waals surface area contributed by atoms with E-state index in [9.17, 15) is 14.7 Å². The molecule has 1 aliphatic carbocycles. The van der Waals surface area contributed by atoms with Crippen molar-refractivity contribution in [3.8, 4) is 0 Å². The molecule has 0 atom stereocenters. The van der Waals surface area contributed by atoms with Crippen LogP contribution in [0.5, 0.6) is 0 Å². The lowest BCUT2D eigenvalue weighted by molar-refractivity contribution is -0.121. The third-order valence-corrected chi connectivity index (χ3v) is 5.80. The molecular weight excluding hydrogens is 314 g/mol. The van der Waals surface area contributed by atoms with Crippen molar-refractivity contribution in [1.29, 1.82) is 0 Å². The number of aliphatic hydroxyl groups is 1. The number of amides is 1. The van der Waals surface area contributed by atoms with Crippen LogP contribution in [0.25, 0.3) is 10.2 Å². The Labute approximate surface area is 138 Å². The van der Waals surface area contributed by atoms with Crippen LogP contribution < -0.4 is 10.9 Å². The minimum Gasteiger partial charge on any atom is -0.396 e. The molecule has 1 aliphatic rings. The van der Waals surface area contributed by atoms with Crippen molar-refractivity contribution in [1.82, 2.24) is 14.9 Å². The van der Waals surface area contributed by atoms with E-state index in [1.165, 1.54) is 22.2 Å². The number of rotatable bonds is 6. The molecule has 0 radical (unpaired) electrons. The van der Waals surface area contributed by atoms with Gasteiger partial charge in [-0.2, -0.15) is 0 Å². The van der Waals surface area contributed by atoms with Crippen molar-refractivity contribution in [2.75, 3.05) is 13.2 Å². The van der Waals surface area contributed by atoms with Crippen LogP contribution in [0.4, 0.5) is 0 Å². The summed E-state index contributed by atoms with van der Waals surface area (Å²) in [5.41, 5.74) is 0.789. The second-order valence-corrected chi connectivity index (χ2v) is 7.59. The molecule has 6 nitrogen and oxygen atoms in total. The van der Waals surface area contributed by atoms with Crippen LogP contribution in [-0.2, 0) is 11.3 Å². The zero-order chi connectivity index (χ0) is 16.6. The number of aliphatic hydroxyl groups excluding tert-OH is 1. The van der Waals surface area contributed by atoms with Crippen molar-refractivity contribution in [3.05, 3.63) is 27.1 Å². The molecule has 2 heterocycles. The van der Waals surface area contributed by atoms with Crippen LogP contribution in [0, 0.1) is 19.3 Å². The Bertz CT molecular complexity index is 805. The first-order valence-electron chi connectivity index (χ1n) is 7.78. The van der Waals surface area contributed by atoms with Crippen LogP contribution in [0.2, 0.25) is 0 Å². The zero-order valence-corrected chi connectivity index (χ0v) is 14.2. The molecular formula is C16H21N3O3S. The fourth-order valence-corrected chi connectivity index (χ4v) is 3.58. The molecule has 3 rings (SSSR count). The van der Waals surface area contributed by atoms with Gasteiger partial charge in [-0.1, -0.05) is 0 Å². The Morgan fingerprint density at radius 1 is 1.48 bits per heavy atom. The minimum atomic E-state index is -0.102. The SMILES string of the molecule is Cc1sc2ncn(CCC(=O)NCC3(CO)CC3)c(=O)c2c1C. The number of hydrogen-bond donors (Lipinski definition) is 2. The van der Waals surface area contributed by atoms with Gasteiger partial charge in [0, 0.05) is 29.8 Å². The Balaban J connectivity index is 1.65. The lowest BCUT2D eigenvalue weighted by atomic mass is 10.1. The third-order valence-electron chi connectivity index (χ3n) is 4.69. The highest BCUT2D eigenvalue weighted by Gasteiger charge is 2.41. The smallest absolute Gasteiger partial charge is 0.262 e. The van der Waals surface area contributed by atoms with Gasteiger partial charge in [0.1, 0.15) is 4.83 Å². The second-order valence-electron chi connectivity index (χ2n) is 6.39. The van der Waals surface area contributed by atoms with Gasteiger partial charge < -0.3 is 10.4 Å². The molecule has 1 fully saturated rings. The number of aryl methyl sites for hydroxylation is 3. The fourth-order valence-electron chi connectivity index (χ4n) is 2.59. The van der Waals surface area contributed by atoms with Crippen LogP contribution >= 0.6 is 11.3 Å². The Hall–Kier alpha value is -1.73. The van der Waals surface area contributed by atoms with Crippen LogP contribution in [0.1, 0.15) is 29.7 Å². The van der Waals surface area contributed by atoms with E-state index in [-0.39, 0.29) is 29.9 Å². The Morgan fingerprint density at radius 2 is 2.22 bits per heavy atom. The predicted molar refractivity (Wildman–Crippen MR) is 89.7 cm³/mol. The van der Waals surface area contributed by atoms with Gasteiger partial charge in [0.25, 0.3) is 5.56 Å². The number of carbonyl (C=O) groups is 1. The molecule has 0 aromatic carbocycles. The van der Waals surface area contributed by atoms with Crippen LogP contribution in [-0.4, -0.2) is 33.7 Å². The molecule has 1 amide bonds. The van der Waals surface area contributed by atoms with E-state index in [1.54, 1.807) is 0 Å². The van der Waals surface area contributed by atoms with Gasteiger partial charge in [-0.15, -0.1) is 11.3 Å². The molecule has 2 N–H and O–H groups in total. The highest BCUT2D eigenvalue weighted by Crippen LogP contribution is 2.44. The fraction of sp³-hybridized carbons (Fsp3) is 0.562.